The number of amides is 3. The number of nitrogens with zero attached hydrogens (tertiary/aromatic N) is 1. The highest BCUT2D eigenvalue weighted by molar-refractivity contribution is 14.1. The predicted molar refractivity (Wildman–Crippen MR) is 149 cm³/mol. The number of imide groups is 1. The smallest absolute Gasteiger partial charge is 0.294 e. The summed E-state index contributed by atoms with van der Waals surface area (Å²) in [4.78, 5) is 38.8. The van der Waals surface area contributed by atoms with Crippen molar-refractivity contribution in [3.63, 3.8) is 0 Å². The van der Waals surface area contributed by atoms with Crippen LogP contribution in [0.15, 0.2) is 71.6 Å². The van der Waals surface area contributed by atoms with E-state index in [1.54, 1.807) is 48.5 Å². The number of anilines is 1. The van der Waals surface area contributed by atoms with Gasteiger partial charge in [-0.3, -0.25) is 19.3 Å². The standard InChI is InChI=1S/C26H20ClIN2O5S/c1-34-22-11-17(7-10-21(22)35-15-16-5-8-19(28)9-6-16)12-23-25(32)30(26(33)36-23)14-24(31)29-20-4-2-3-18(27)13-20/h2-13H,14-15H2,1H3,(H,29,31)/b23-12-. The van der Waals surface area contributed by atoms with Crippen molar-refractivity contribution in [1.82, 2.24) is 4.90 Å². The van der Waals surface area contributed by atoms with Crippen molar-refractivity contribution in [3.8, 4) is 11.5 Å². The monoisotopic (exact) mass is 634 g/mol. The molecule has 1 fully saturated rings. The van der Waals surface area contributed by atoms with E-state index in [2.05, 4.69) is 27.9 Å². The van der Waals surface area contributed by atoms with Crippen molar-refractivity contribution >= 4 is 74.8 Å². The third kappa shape index (κ3) is 6.59. The molecule has 1 saturated heterocycles. The van der Waals surface area contributed by atoms with E-state index < -0.39 is 23.6 Å². The van der Waals surface area contributed by atoms with Gasteiger partial charge in [0.05, 0.1) is 12.0 Å². The van der Waals surface area contributed by atoms with Crippen molar-refractivity contribution < 1.29 is 23.9 Å². The lowest BCUT2D eigenvalue weighted by molar-refractivity contribution is -0.127. The maximum atomic E-state index is 12.8. The maximum Gasteiger partial charge on any atom is 0.294 e. The second kappa shape index (κ2) is 11.8. The van der Waals surface area contributed by atoms with Crippen LogP contribution in [0.4, 0.5) is 10.5 Å². The molecule has 3 aromatic rings. The minimum absolute atomic E-state index is 0.213. The number of hydrogen-bond donors (Lipinski definition) is 1. The molecular formula is C26H20ClIN2O5S. The molecule has 0 aliphatic carbocycles. The van der Waals surface area contributed by atoms with Crippen molar-refractivity contribution in [3.05, 3.63) is 91.4 Å². The molecule has 3 amide bonds. The van der Waals surface area contributed by atoms with Crippen LogP contribution in [0.1, 0.15) is 11.1 Å². The van der Waals surface area contributed by atoms with E-state index in [0.29, 0.717) is 34.4 Å². The molecule has 0 unspecified atom stereocenters. The summed E-state index contributed by atoms with van der Waals surface area (Å²) in [5, 5.41) is 2.58. The van der Waals surface area contributed by atoms with Gasteiger partial charge in [0.1, 0.15) is 13.2 Å². The molecule has 3 aromatic carbocycles. The zero-order valence-electron chi connectivity index (χ0n) is 19.0. The minimum atomic E-state index is -0.538. The van der Waals surface area contributed by atoms with Crippen LogP contribution >= 0.6 is 46.0 Å². The average molecular weight is 635 g/mol. The largest absolute Gasteiger partial charge is 0.493 e. The summed E-state index contributed by atoms with van der Waals surface area (Å²) in [5.74, 6) is 0.00902. The van der Waals surface area contributed by atoms with E-state index in [4.69, 9.17) is 21.1 Å². The summed E-state index contributed by atoms with van der Waals surface area (Å²) in [6, 6.07) is 19.9. The van der Waals surface area contributed by atoms with Crippen LogP contribution < -0.4 is 14.8 Å². The van der Waals surface area contributed by atoms with Gasteiger partial charge in [-0.2, -0.15) is 0 Å². The minimum Gasteiger partial charge on any atom is -0.493 e. The molecule has 0 radical (unpaired) electrons. The molecule has 1 aliphatic heterocycles. The number of nitrogens with one attached hydrogen (secondary N) is 1. The number of rotatable bonds is 8. The molecular weight excluding hydrogens is 615 g/mol. The van der Waals surface area contributed by atoms with E-state index >= 15 is 0 Å². The third-order valence-corrected chi connectivity index (χ3v) is 6.94. The van der Waals surface area contributed by atoms with E-state index in [-0.39, 0.29) is 4.91 Å². The first-order valence-electron chi connectivity index (χ1n) is 10.7. The Morgan fingerprint density at radius 1 is 1.08 bits per heavy atom. The zero-order chi connectivity index (χ0) is 25.7. The Morgan fingerprint density at radius 3 is 2.58 bits per heavy atom. The van der Waals surface area contributed by atoms with Gasteiger partial charge in [-0.05, 0) is 94.0 Å². The van der Waals surface area contributed by atoms with E-state index in [1.165, 1.54) is 7.11 Å². The normalized spacial score (nSPS) is 14.3. The quantitative estimate of drug-likeness (QED) is 0.235. The Kier molecular flexibility index (Phi) is 8.55. The first kappa shape index (κ1) is 26.1. The number of benzene rings is 3. The Hall–Kier alpha value is -3.02. The number of ether oxygens (including phenoxy) is 2. The molecule has 184 valence electrons. The van der Waals surface area contributed by atoms with Crippen molar-refractivity contribution in [2.24, 2.45) is 0 Å². The van der Waals surface area contributed by atoms with Crippen LogP contribution in [0.5, 0.6) is 11.5 Å². The summed E-state index contributed by atoms with van der Waals surface area (Å²) < 4.78 is 12.5. The summed E-state index contributed by atoms with van der Waals surface area (Å²) >= 11 is 8.95. The highest BCUT2D eigenvalue weighted by atomic mass is 127. The fourth-order valence-electron chi connectivity index (χ4n) is 3.33. The maximum absolute atomic E-state index is 12.8. The molecule has 0 aromatic heterocycles. The van der Waals surface area contributed by atoms with Crippen molar-refractivity contribution in [2.75, 3.05) is 19.0 Å². The molecule has 0 bridgehead atoms. The number of halogens is 2. The van der Waals surface area contributed by atoms with E-state index in [9.17, 15) is 14.4 Å². The molecule has 36 heavy (non-hydrogen) atoms. The van der Waals surface area contributed by atoms with E-state index in [0.717, 1.165) is 25.8 Å². The van der Waals surface area contributed by atoms with Gasteiger partial charge in [0.15, 0.2) is 11.5 Å². The number of carbonyl (C=O) groups is 3. The fourth-order valence-corrected chi connectivity index (χ4v) is 4.72. The van der Waals surface area contributed by atoms with Crippen LogP contribution in [0, 0.1) is 3.57 Å². The van der Waals surface area contributed by atoms with Crippen LogP contribution in [0.2, 0.25) is 5.02 Å². The van der Waals surface area contributed by atoms with Gasteiger partial charge in [0.25, 0.3) is 11.1 Å². The number of thioether (sulfide) groups is 1. The third-order valence-electron chi connectivity index (χ3n) is 5.08. The fraction of sp³-hybridized carbons (Fsp3) is 0.115. The number of carbonyl (C=O) groups excluding carboxylic acids is 3. The highest BCUT2D eigenvalue weighted by Gasteiger charge is 2.36. The number of methoxy groups -OCH3 is 1. The van der Waals surface area contributed by atoms with Crippen LogP contribution in [0.3, 0.4) is 0 Å². The summed E-state index contributed by atoms with van der Waals surface area (Å²) in [6.07, 6.45) is 1.59. The Morgan fingerprint density at radius 2 is 1.86 bits per heavy atom. The van der Waals surface area contributed by atoms with Crippen LogP contribution in [-0.2, 0) is 16.2 Å². The van der Waals surface area contributed by atoms with Crippen molar-refractivity contribution in [2.45, 2.75) is 6.61 Å². The Labute approximate surface area is 230 Å². The van der Waals surface area contributed by atoms with Gasteiger partial charge in [0.2, 0.25) is 5.91 Å². The number of hydrogen-bond acceptors (Lipinski definition) is 6. The molecule has 0 spiro atoms. The van der Waals surface area contributed by atoms with Gasteiger partial charge in [-0.15, -0.1) is 0 Å². The highest BCUT2D eigenvalue weighted by Crippen LogP contribution is 2.35. The lowest BCUT2D eigenvalue weighted by Gasteiger charge is -2.13. The van der Waals surface area contributed by atoms with Crippen LogP contribution in [-0.4, -0.2) is 35.6 Å². The molecule has 1 heterocycles. The zero-order valence-corrected chi connectivity index (χ0v) is 22.7. The van der Waals surface area contributed by atoms with Gasteiger partial charge < -0.3 is 14.8 Å². The van der Waals surface area contributed by atoms with E-state index in [1.807, 2.05) is 24.3 Å². The lowest BCUT2D eigenvalue weighted by atomic mass is 10.1. The van der Waals surface area contributed by atoms with Gasteiger partial charge in [-0.1, -0.05) is 35.9 Å². The first-order chi connectivity index (χ1) is 17.3. The predicted octanol–water partition coefficient (Wildman–Crippen LogP) is 6.21. The van der Waals surface area contributed by atoms with Crippen LogP contribution in [0.25, 0.3) is 6.08 Å². The summed E-state index contributed by atoms with van der Waals surface area (Å²) in [6.45, 7) is -0.0219. The summed E-state index contributed by atoms with van der Waals surface area (Å²) in [7, 11) is 1.53. The lowest BCUT2D eigenvalue weighted by Crippen LogP contribution is -2.36. The molecule has 0 saturated carbocycles. The summed E-state index contributed by atoms with van der Waals surface area (Å²) in [5.41, 5.74) is 2.16. The van der Waals surface area contributed by atoms with Crippen molar-refractivity contribution in [1.29, 1.82) is 0 Å². The van der Waals surface area contributed by atoms with Gasteiger partial charge in [0, 0.05) is 14.3 Å². The Balaban J connectivity index is 1.42. The molecule has 1 N–H and O–H groups in total. The van der Waals surface area contributed by atoms with Gasteiger partial charge in [-0.25, -0.2) is 0 Å². The Bertz CT molecular complexity index is 1350. The molecule has 7 nitrogen and oxygen atoms in total. The molecule has 10 heteroatoms. The second-order valence-corrected chi connectivity index (χ2v) is 10.3. The molecule has 1 aliphatic rings. The second-order valence-electron chi connectivity index (χ2n) is 7.65. The first-order valence-corrected chi connectivity index (χ1v) is 13.0. The van der Waals surface area contributed by atoms with Gasteiger partial charge >= 0.3 is 0 Å². The topological polar surface area (TPSA) is 84.9 Å². The SMILES string of the molecule is COc1cc(/C=C2\SC(=O)N(CC(=O)Nc3cccc(Cl)c3)C2=O)ccc1OCc1ccc(I)cc1. The molecule has 4 rings (SSSR count). The average Bonchev–Trinajstić information content (AvgIpc) is 3.11. The molecule has 0 atom stereocenters.